The summed E-state index contributed by atoms with van der Waals surface area (Å²) in [5, 5.41) is 0. The molecule has 0 radical (unpaired) electrons. The van der Waals surface area contributed by atoms with Crippen molar-refractivity contribution >= 4 is 11.9 Å². The fourth-order valence-electron chi connectivity index (χ4n) is 1.36. The average molecular weight is 506 g/mol. The van der Waals surface area contributed by atoms with Crippen LogP contribution in [0.3, 0.4) is 0 Å². The number of halogens is 14. The quantitative estimate of drug-likeness (QED) is 0.255. The number of ether oxygens (including phenoxy) is 2. The zero-order chi connectivity index (χ0) is 26.1. The Kier molecular flexibility index (Phi) is 8.06. The summed E-state index contributed by atoms with van der Waals surface area (Å²) in [6.07, 6.45) is -11.2. The first-order valence-corrected chi connectivity index (χ1v) is 7.20. The van der Waals surface area contributed by atoms with Gasteiger partial charge in [-0.15, -0.1) is 0 Å². The van der Waals surface area contributed by atoms with Crippen molar-refractivity contribution in [1.29, 1.82) is 0 Å². The van der Waals surface area contributed by atoms with Crippen LogP contribution in [-0.4, -0.2) is 61.2 Å². The number of carbonyl (C=O) groups excluding carboxylic acids is 2. The molecule has 0 N–H and O–H groups in total. The van der Waals surface area contributed by atoms with Crippen LogP contribution in [-0.2, 0) is 19.1 Å². The molecule has 0 saturated carbocycles. The van der Waals surface area contributed by atoms with Gasteiger partial charge in [0.2, 0.25) is 0 Å². The van der Waals surface area contributed by atoms with E-state index in [1.54, 1.807) is 0 Å². The summed E-state index contributed by atoms with van der Waals surface area (Å²) in [4.78, 5) is 21.6. The lowest BCUT2D eigenvalue weighted by Crippen LogP contribution is -2.64. The molecule has 0 aliphatic rings. The lowest BCUT2D eigenvalue weighted by atomic mass is 9.99. The summed E-state index contributed by atoms with van der Waals surface area (Å²) in [6, 6.07) is 0. The molecule has 0 aromatic carbocycles. The third kappa shape index (κ3) is 6.02. The maximum absolute atomic E-state index is 13.5. The van der Waals surface area contributed by atoms with E-state index in [9.17, 15) is 71.1 Å². The second-order valence-corrected chi connectivity index (χ2v) is 5.66. The molecule has 0 aliphatic carbocycles. The maximum Gasteiger partial charge on any atom is 0.422 e. The highest BCUT2D eigenvalue weighted by molar-refractivity contribution is 5.89. The number of hydrogen-bond donors (Lipinski definition) is 0. The third-order valence-corrected chi connectivity index (χ3v) is 3.26. The molecular weight excluding hydrogens is 498 g/mol. The minimum atomic E-state index is -7.20. The van der Waals surface area contributed by atoms with Crippen LogP contribution in [0.2, 0.25) is 0 Å². The van der Waals surface area contributed by atoms with Crippen molar-refractivity contribution in [3.05, 3.63) is 24.3 Å². The number of carbonyl (C=O) groups is 2. The largest absolute Gasteiger partial charge is 0.455 e. The normalized spacial score (nSPS) is 14.1. The molecule has 0 atom stereocenters. The van der Waals surface area contributed by atoms with Crippen molar-refractivity contribution < 1.29 is 80.5 Å². The molecule has 0 heterocycles. The van der Waals surface area contributed by atoms with E-state index in [-0.39, 0.29) is 0 Å². The number of hydrogen-bond acceptors (Lipinski definition) is 4. The predicted octanol–water partition coefficient (Wildman–Crippen LogP) is 4.85. The van der Waals surface area contributed by atoms with E-state index in [0.29, 0.717) is 0 Å². The Hall–Kier alpha value is -2.56. The third-order valence-electron chi connectivity index (χ3n) is 3.26. The van der Waals surface area contributed by atoms with Crippen LogP contribution in [0.1, 0.15) is 0 Å². The van der Waals surface area contributed by atoms with Gasteiger partial charge in [-0.05, 0) is 0 Å². The first-order chi connectivity index (χ1) is 13.8. The lowest BCUT2D eigenvalue weighted by Gasteiger charge is -2.36. The highest BCUT2D eigenvalue weighted by Crippen LogP contribution is 2.52. The van der Waals surface area contributed by atoms with Gasteiger partial charge >= 0.3 is 48.0 Å². The van der Waals surface area contributed by atoms with Crippen LogP contribution in [0.25, 0.3) is 0 Å². The maximum atomic E-state index is 13.5. The Balaban J connectivity index is 5.57. The van der Waals surface area contributed by atoms with E-state index in [1.807, 2.05) is 13.2 Å². The molecule has 0 rings (SSSR count). The minimum absolute atomic E-state index is 2.01. The van der Waals surface area contributed by atoms with Crippen LogP contribution in [0.5, 0.6) is 0 Å². The van der Waals surface area contributed by atoms with E-state index < -0.39 is 72.3 Å². The van der Waals surface area contributed by atoms with Gasteiger partial charge in [0.1, 0.15) is 11.1 Å². The van der Waals surface area contributed by atoms with E-state index in [1.165, 1.54) is 0 Å². The number of rotatable bonds is 9. The molecule has 0 unspecified atom stereocenters. The molecule has 0 bridgehead atoms. The molecule has 4 nitrogen and oxygen atoms in total. The molecule has 0 amide bonds. The molecule has 0 saturated heterocycles. The van der Waals surface area contributed by atoms with Gasteiger partial charge in [-0.25, -0.2) is 9.59 Å². The van der Waals surface area contributed by atoms with Crippen LogP contribution >= 0.6 is 0 Å². The molecule has 0 aromatic heterocycles. The van der Waals surface area contributed by atoms with E-state index in [0.717, 1.165) is 0 Å². The highest BCUT2D eigenvalue weighted by Gasteiger charge is 2.81. The van der Waals surface area contributed by atoms with Gasteiger partial charge in [-0.1, -0.05) is 13.2 Å². The average Bonchev–Trinajstić information content (AvgIpc) is 2.60. The predicted molar refractivity (Wildman–Crippen MR) is 72.1 cm³/mol. The van der Waals surface area contributed by atoms with Crippen molar-refractivity contribution in [3.8, 4) is 0 Å². The molecule has 186 valence electrons. The first kappa shape index (κ1) is 29.4. The van der Waals surface area contributed by atoms with Crippen molar-refractivity contribution in [2.45, 2.75) is 36.0 Å². The van der Waals surface area contributed by atoms with Gasteiger partial charge in [0.15, 0.2) is 13.2 Å². The zero-order valence-electron chi connectivity index (χ0n) is 14.8. The van der Waals surface area contributed by atoms with Gasteiger partial charge in [-0.2, -0.15) is 61.5 Å². The summed E-state index contributed by atoms with van der Waals surface area (Å²) >= 11 is 0. The van der Waals surface area contributed by atoms with Crippen LogP contribution < -0.4 is 0 Å². The Labute approximate surface area is 167 Å². The molecule has 32 heavy (non-hydrogen) atoms. The van der Waals surface area contributed by atoms with E-state index in [2.05, 4.69) is 9.47 Å². The van der Waals surface area contributed by atoms with Gasteiger partial charge in [0, 0.05) is 0 Å². The summed E-state index contributed by atoms with van der Waals surface area (Å²) in [7, 11) is 0. The van der Waals surface area contributed by atoms with Crippen molar-refractivity contribution in [2.24, 2.45) is 0 Å². The molecule has 0 aliphatic heterocycles. The Morgan fingerprint density at radius 3 is 0.938 bits per heavy atom. The van der Waals surface area contributed by atoms with Crippen LogP contribution in [0.4, 0.5) is 61.5 Å². The van der Waals surface area contributed by atoms with Gasteiger partial charge in [0.05, 0.1) is 0 Å². The van der Waals surface area contributed by atoms with E-state index in [4.69, 9.17) is 0 Å². The lowest BCUT2D eigenvalue weighted by molar-refractivity contribution is -0.374. The van der Waals surface area contributed by atoms with Gasteiger partial charge in [-0.3, -0.25) is 0 Å². The van der Waals surface area contributed by atoms with Crippen molar-refractivity contribution in [2.75, 3.05) is 13.2 Å². The van der Waals surface area contributed by atoms with Crippen LogP contribution in [0.15, 0.2) is 24.3 Å². The van der Waals surface area contributed by atoms with Crippen LogP contribution in [0, 0.1) is 0 Å². The highest BCUT2D eigenvalue weighted by atomic mass is 19.4. The zero-order valence-corrected chi connectivity index (χ0v) is 14.8. The fraction of sp³-hybridized carbons (Fsp3) is 0.571. The molecule has 18 heteroatoms. The van der Waals surface area contributed by atoms with Crippen molar-refractivity contribution in [1.82, 2.24) is 0 Å². The Morgan fingerprint density at radius 2 is 0.750 bits per heavy atom. The summed E-state index contributed by atoms with van der Waals surface area (Å²) in [5.41, 5.74) is -5.07. The summed E-state index contributed by atoms with van der Waals surface area (Å²) in [5.74, 6) is -33.0. The summed E-state index contributed by atoms with van der Waals surface area (Å²) in [6.45, 7) is -2.52. The van der Waals surface area contributed by atoms with Crippen molar-refractivity contribution in [3.63, 3.8) is 0 Å². The smallest absolute Gasteiger partial charge is 0.422 e. The Bertz CT molecular complexity index is 698. The Morgan fingerprint density at radius 1 is 0.531 bits per heavy atom. The molecule has 0 fully saturated rings. The second-order valence-electron chi connectivity index (χ2n) is 5.66. The molecule has 0 aromatic rings. The van der Waals surface area contributed by atoms with E-state index >= 15 is 0 Å². The fourth-order valence-corrected chi connectivity index (χ4v) is 1.36. The molecular formula is C14H8F14O4. The van der Waals surface area contributed by atoms with Gasteiger partial charge in [0.25, 0.3) is 0 Å². The second kappa shape index (κ2) is 8.76. The topological polar surface area (TPSA) is 52.6 Å². The number of esters is 2. The van der Waals surface area contributed by atoms with Gasteiger partial charge < -0.3 is 9.47 Å². The summed E-state index contributed by atoms with van der Waals surface area (Å²) < 4.78 is 186. The standard InChI is InChI=1S/C14H8F14O4/c1-5(11(19,20)21)7(29)31-3-9(15,16)13(25,26)14(27,28)10(17,18)4-32-8(30)6(2)12(22,23)24/h1-4H2. The monoisotopic (exact) mass is 506 g/mol. The number of alkyl halides is 14. The molecule has 0 spiro atoms. The first-order valence-electron chi connectivity index (χ1n) is 7.20. The SMILES string of the molecule is C=C(C(=O)OCC(F)(F)C(F)(F)C(F)(F)C(F)(F)COC(=O)C(=C)C(F)(F)F)C(F)(F)F. The minimum Gasteiger partial charge on any atom is -0.455 e.